The van der Waals surface area contributed by atoms with Crippen molar-refractivity contribution in [3.05, 3.63) is 53.1 Å². The molecule has 0 aliphatic rings. The number of rotatable bonds is 5. The lowest BCUT2D eigenvalue weighted by atomic mass is 10.1. The number of aryl methyl sites for hydroxylation is 2. The van der Waals surface area contributed by atoms with Crippen LogP contribution in [0.15, 0.2) is 30.3 Å². The van der Waals surface area contributed by atoms with Crippen LogP contribution >= 0.6 is 0 Å². The third-order valence-electron chi connectivity index (χ3n) is 3.46. The van der Waals surface area contributed by atoms with Gasteiger partial charge in [0.1, 0.15) is 11.9 Å². The van der Waals surface area contributed by atoms with E-state index in [0.29, 0.717) is 5.56 Å². The molecule has 1 aromatic heterocycles. The molecule has 1 unspecified atom stereocenters. The van der Waals surface area contributed by atoms with Crippen molar-refractivity contribution in [1.82, 2.24) is 9.78 Å². The molecule has 20 heavy (non-hydrogen) atoms. The van der Waals surface area contributed by atoms with Crippen molar-refractivity contribution in [3.63, 3.8) is 0 Å². The van der Waals surface area contributed by atoms with Gasteiger partial charge in [-0.25, -0.2) is 4.39 Å². The highest BCUT2D eigenvalue weighted by atomic mass is 19.1. The quantitative estimate of drug-likeness (QED) is 0.781. The highest BCUT2D eigenvalue weighted by molar-refractivity contribution is 5.98. The summed E-state index contributed by atoms with van der Waals surface area (Å²) < 4.78 is 14.7. The van der Waals surface area contributed by atoms with Crippen molar-refractivity contribution in [1.29, 1.82) is 0 Å². The maximum Gasteiger partial charge on any atom is 0.187 e. The van der Waals surface area contributed by atoms with E-state index in [0.717, 1.165) is 24.2 Å². The average molecular weight is 274 g/mol. The monoisotopic (exact) mass is 274 g/mol. The summed E-state index contributed by atoms with van der Waals surface area (Å²) in [5, 5.41) is 4.49. The Bertz CT molecular complexity index is 601. The van der Waals surface area contributed by atoms with Gasteiger partial charge in [-0.1, -0.05) is 13.8 Å². The topological polar surface area (TPSA) is 34.9 Å². The Hall–Kier alpha value is -1.97. The Balaban J connectivity index is 2.30. The summed E-state index contributed by atoms with van der Waals surface area (Å²) in [6, 6.07) is 7.31. The van der Waals surface area contributed by atoms with Crippen LogP contribution in [0.4, 0.5) is 4.39 Å². The molecule has 0 fully saturated rings. The fraction of sp³-hybridized carbons (Fsp3) is 0.375. The van der Waals surface area contributed by atoms with Crippen LogP contribution in [0.25, 0.3) is 0 Å². The summed E-state index contributed by atoms with van der Waals surface area (Å²) in [4.78, 5) is 12.4. The Labute approximate surface area is 118 Å². The molecule has 4 heteroatoms. The summed E-state index contributed by atoms with van der Waals surface area (Å²) in [5.41, 5.74) is 2.54. The Morgan fingerprint density at radius 1 is 1.25 bits per heavy atom. The van der Waals surface area contributed by atoms with E-state index in [9.17, 15) is 9.18 Å². The van der Waals surface area contributed by atoms with Gasteiger partial charge < -0.3 is 0 Å². The normalized spacial score (nSPS) is 12.4. The Kier molecular flexibility index (Phi) is 4.32. The summed E-state index contributed by atoms with van der Waals surface area (Å²) in [5.74, 6) is -0.388. The van der Waals surface area contributed by atoms with E-state index in [1.165, 1.54) is 24.3 Å². The maximum absolute atomic E-state index is 12.9. The fourth-order valence-corrected chi connectivity index (χ4v) is 2.23. The van der Waals surface area contributed by atoms with E-state index in [2.05, 4.69) is 5.10 Å². The summed E-state index contributed by atoms with van der Waals surface area (Å²) >= 11 is 0. The molecule has 0 N–H and O–H groups in total. The lowest BCUT2D eigenvalue weighted by Gasteiger charge is -2.14. The number of Topliss-reactive ketones (excluding diaryl/α,β-unsaturated/α-hetero) is 1. The zero-order chi connectivity index (χ0) is 14.7. The lowest BCUT2D eigenvalue weighted by Crippen LogP contribution is -2.20. The van der Waals surface area contributed by atoms with Crippen molar-refractivity contribution in [2.75, 3.05) is 0 Å². The predicted molar refractivity (Wildman–Crippen MR) is 76.4 cm³/mol. The minimum Gasteiger partial charge on any atom is -0.292 e. The van der Waals surface area contributed by atoms with Gasteiger partial charge in [0, 0.05) is 11.3 Å². The lowest BCUT2D eigenvalue weighted by molar-refractivity contribution is 0.0926. The second kappa shape index (κ2) is 5.99. The van der Waals surface area contributed by atoms with Crippen LogP contribution in [0, 0.1) is 5.82 Å². The van der Waals surface area contributed by atoms with Crippen molar-refractivity contribution >= 4 is 5.78 Å². The van der Waals surface area contributed by atoms with E-state index in [1.54, 1.807) is 4.68 Å². The number of hydrogen-bond donors (Lipinski definition) is 0. The van der Waals surface area contributed by atoms with Crippen molar-refractivity contribution in [3.8, 4) is 0 Å². The van der Waals surface area contributed by atoms with Crippen LogP contribution in [0.5, 0.6) is 0 Å². The molecular weight excluding hydrogens is 255 g/mol. The highest BCUT2D eigenvalue weighted by Crippen LogP contribution is 2.18. The first-order chi connectivity index (χ1) is 9.56. The van der Waals surface area contributed by atoms with Crippen LogP contribution in [-0.2, 0) is 12.8 Å². The zero-order valence-corrected chi connectivity index (χ0v) is 12.1. The number of carbonyl (C=O) groups excluding carboxylic acids is 1. The fourth-order valence-electron chi connectivity index (χ4n) is 2.23. The number of carbonyl (C=O) groups is 1. The molecule has 0 aliphatic heterocycles. The molecule has 0 radical (unpaired) electrons. The molecular formula is C16H19FN2O. The van der Waals surface area contributed by atoms with Crippen molar-refractivity contribution in [2.45, 2.75) is 39.7 Å². The van der Waals surface area contributed by atoms with Crippen LogP contribution in [0.1, 0.15) is 48.6 Å². The first kappa shape index (κ1) is 14.4. The molecule has 0 spiro atoms. The van der Waals surface area contributed by atoms with E-state index in [-0.39, 0.29) is 17.6 Å². The standard InChI is InChI=1S/C16H19FN2O/c1-4-14-10-15(5-2)19(18-14)11(3)16(20)12-6-8-13(17)9-7-12/h6-11H,4-5H2,1-3H3. The largest absolute Gasteiger partial charge is 0.292 e. The van der Waals surface area contributed by atoms with Crippen LogP contribution in [0.3, 0.4) is 0 Å². The number of benzene rings is 1. The smallest absolute Gasteiger partial charge is 0.187 e. The number of ketones is 1. The van der Waals surface area contributed by atoms with Gasteiger partial charge in [-0.3, -0.25) is 9.48 Å². The first-order valence-corrected chi connectivity index (χ1v) is 6.93. The third kappa shape index (κ3) is 2.79. The Morgan fingerprint density at radius 2 is 1.90 bits per heavy atom. The molecule has 1 aromatic carbocycles. The van der Waals surface area contributed by atoms with Crippen molar-refractivity contribution < 1.29 is 9.18 Å². The molecule has 0 saturated heterocycles. The van der Waals surface area contributed by atoms with Gasteiger partial charge in [-0.15, -0.1) is 0 Å². The molecule has 2 aromatic rings. The SMILES string of the molecule is CCc1cc(CC)n(C(C)C(=O)c2ccc(F)cc2)n1. The first-order valence-electron chi connectivity index (χ1n) is 6.93. The minimum absolute atomic E-state index is 0.0505. The highest BCUT2D eigenvalue weighted by Gasteiger charge is 2.20. The van der Waals surface area contributed by atoms with E-state index < -0.39 is 0 Å². The van der Waals surface area contributed by atoms with Gasteiger partial charge in [-0.2, -0.15) is 5.10 Å². The summed E-state index contributed by atoms with van der Waals surface area (Å²) in [6.45, 7) is 5.91. The summed E-state index contributed by atoms with van der Waals surface area (Å²) in [6.07, 6.45) is 1.67. The van der Waals surface area contributed by atoms with Gasteiger partial charge >= 0.3 is 0 Å². The number of nitrogens with zero attached hydrogens (tertiary/aromatic N) is 2. The molecule has 1 atom stereocenters. The molecule has 2 rings (SSSR count). The molecule has 0 amide bonds. The van der Waals surface area contributed by atoms with E-state index in [1.807, 2.05) is 26.8 Å². The number of halogens is 1. The molecule has 0 saturated carbocycles. The zero-order valence-electron chi connectivity index (χ0n) is 12.1. The van der Waals surface area contributed by atoms with Gasteiger partial charge in [0.05, 0.1) is 5.69 Å². The molecule has 0 bridgehead atoms. The molecule has 3 nitrogen and oxygen atoms in total. The van der Waals surface area contributed by atoms with Crippen molar-refractivity contribution in [2.24, 2.45) is 0 Å². The van der Waals surface area contributed by atoms with Crippen LogP contribution in [-0.4, -0.2) is 15.6 Å². The van der Waals surface area contributed by atoms with E-state index in [4.69, 9.17) is 0 Å². The van der Waals surface area contributed by atoms with Gasteiger partial charge in [0.2, 0.25) is 0 Å². The molecule has 0 aliphatic carbocycles. The average Bonchev–Trinajstić information content (AvgIpc) is 2.90. The third-order valence-corrected chi connectivity index (χ3v) is 3.46. The summed E-state index contributed by atoms with van der Waals surface area (Å²) in [7, 11) is 0. The van der Waals surface area contributed by atoms with Gasteiger partial charge in [0.25, 0.3) is 0 Å². The second-order valence-electron chi connectivity index (χ2n) is 4.83. The van der Waals surface area contributed by atoms with Gasteiger partial charge in [-0.05, 0) is 50.1 Å². The minimum atomic E-state index is -0.379. The maximum atomic E-state index is 12.9. The Morgan fingerprint density at radius 3 is 2.45 bits per heavy atom. The second-order valence-corrected chi connectivity index (χ2v) is 4.83. The number of hydrogen-bond acceptors (Lipinski definition) is 2. The van der Waals surface area contributed by atoms with Crippen LogP contribution < -0.4 is 0 Å². The number of aromatic nitrogens is 2. The molecule has 1 heterocycles. The van der Waals surface area contributed by atoms with Gasteiger partial charge in [0.15, 0.2) is 5.78 Å². The van der Waals surface area contributed by atoms with Crippen LogP contribution in [0.2, 0.25) is 0 Å². The predicted octanol–water partition coefficient (Wildman–Crippen LogP) is 3.59. The molecule has 106 valence electrons. The van der Waals surface area contributed by atoms with E-state index >= 15 is 0 Å².